The summed E-state index contributed by atoms with van der Waals surface area (Å²) in [5, 5.41) is 8.26. The number of fused-ring (bicyclic) bond motifs is 1. The fourth-order valence-corrected chi connectivity index (χ4v) is 4.06. The minimum absolute atomic E-state index is 0.245. The molecule has 0 aliphatic heterocycles. The van der Waals surface area contributed by atoms with Crippen molar-refractivity contribution in [2.75, 3.05) is 5.32 Å². The van der Waals surface area contributed by atoms with E-state index in [0.29, 0.717) is 22.7 Å². The predicted octanol–water partition coefficient (Wildman–Crippen LogP) is 3.94. The highest BCUT2D eigenvalue weighted by molar-refractivity contribution is 7.20. The fraction of sp³-hybridized carbons (Fsp3) is 0.0952. The van der Waals surface area contributed by atoms with E-state index in [2.05, 4.69) is 10.4 Å². The second-order valence-electron chi connectivity index (χ2n) is 6.59. The summed E-state index contributed by atoms with van der Waals surface area (Å²) in [5.74, 6) is -1.05. The molecule has 0 fully saturated rings. The van der Waals surface area contributed by atoms with Gasteiger partial charge < -0.3 is 11.1 Å². The van der Waals surface area contributed by atoms with E-state index in [1.165, 1.54) is 23.5 Å². The van der Waals surface area contributed by atoms with Crippen LogP contribution < -0.4 is 11.1 Å². The van der Waals surface area contributed by atoms with Crippen LogP contribution in [-0.2, 0) is 6.54 Å². The van der Waals surface area contributed by atoms with Crippen molar-refractivity contribution >= 4 is 39.1 Å². The van der Waals surface area contributed by atoms with E-state index >= 15 is 0 Å². The first kappa shape index (κ1) is 18.8. The van der Waals surface area contributed by atoms with Crippen molar-refractivity contribution in [3.05, 3.63) is 82.1 Å². The molecule has 0 saturated carbocycles. The van der Waals surface area contributed by atoms with Gasteiger partial charge in [0.15, 0.2) is 0 Å². The van der Waals surface area contributed by atoms with Crippen LogP contribution in [0.3, 0.4) is 0 Å². The molecule has 0 aliphatic carbocycles. The van der Waals surface area contributed by atoms with Crippen LogP contribution in [-0.4, -0.2) is 21.6 Å². The number of benzene rings is 2. The van der Waals surface area contributed by atoms with E-state index in [1.54, 1.807) is 36.4 Å². The topological polar surface area (TPSA) is 90.0 Å². The lowest BCUT2D eigenvalue weighted by molar-refractivity contribution is 0.0998. The van der Waals surface area contributed by atoms with Crippen LogP contribution in [0.5, 0.6) is 0 Å². The van der Waals surface area contributed by atoms with Crippen molar-refractivity contribution in [1.29, 1.82) is 0 Å². The Balaban J connectivity index is 1.57. The molecule has 146 valence electrons. The molecule has 4 aromatic rings. The van der Waals surface area contributed by atoms with Crippen LogP contribution in [0.4, 0.5) is 10.1 Å². The molecule has 2 aromatic carbocycles. The number of rotatable bonds is 5. The first-order valence-electron chi connectivity index (χ1n) is 8.83. The summed E-state index contributed by atoms with van der Waals surface area (Å²) in [6, 6.07) is 14.5. The number of hydrogen-bond acceptors (Lipinski definition) is 4. The zero-order chi connectivity index (χ0) is 20.5. The van der Waals surface area contributed by atoms with E-state index < -0.39 is 5.91 Å². The number of nitrogens with one attached hydrogen (secondary N) is 1. The van der Waals surface area contributed by atoms with E-state index in [9.17, 15) is 14.0 Å². The number of aromatic nitrogens is 2. The molecule has 29 heavy (non-hydrogen) atoms. The zero-order valence-corrected chi connectivity index (χ0v) is 16.3. The Morgan fingerprint density at radius 2 is 1.83 bits per heavy atom. The smallest absolute Gasteiger partial charge is 0.265 e. The van der Waals surface area contributed by atoms with Gasteiger partial charge in [0.2, 0.25) is 5.91 Å². The first-order chi connectivity index (χ1) is 13.9. The highest BCUT2D eigenvalue weighted by Crippen LogP contribution is 2.29. The second-order valence-corrected chi connectivity index (χ2v) is 7.63. The Hall–Kier alpha value is -3.52. The van der Waals surface area contributed by atoms with Crippen LogP contribution in [0.2, 0.25) is 0 Å². The number of thiophene rings is 1. The number of halogens is 1. The van der Waals surface area contributed by atoms with Crippen molar-refractivity contribution in [2.45, 2.75) is 13.5 Å². The van der Waals surface area contributed by atoms with Gasteiger partial charge in [-0.15, -0.1) is 11.3 Å². The Labute approximate surface area is 169 Å². The molecule has 3 N–H and O–H groups in total. The Bertz CT molecular complexity index is 1210. The molecule has 0 aliphatic rings. The first-order valence-corrected chi connectivity index (χ1v) is 9.65. The standard InChI is InChI=1S/C21H17FN4O2S/c1-12-17-10-18(20(28)24-16-8-4-14(5-9-16)19(23)27)29-21(17)26(25-12)11-13-2-6-15(22)7-3-13/h2-10H,11H2,1H3,(H2,23,27)(H,24,28). The van der Waals surface area contributed by atoms with Crippen LogP contribution in [0.15, 0.2) is 54.6 Å². The maximum Gasteiger partial charge on any atom is 0.265 e. The van der Waals surface area contributed by atoms with E-state index in [-0.39, 0.29) is 11.7 Å². The van der Waals surface area contributed by atoms with Gasteiger partial charge in [0.05, 0.1) is 17.1 Å². The molecular weight excluding hydrogens is 391 g/mol. The average Bonchev–Trinajstić information content (AvgIpc) is 3.26. The van der Waals surface area contributed by atoms with Gasteiger partial charge in [0.25, 0.3) is 5.91 Å². The predicted molar refractivity (Wildman–Crippen MR) is 111 cm³/mol. The second kappa shape index (κ2) is 7.48. The molecule has 2 heterocycles. The Morgan fingerprint density at radius 3 is 2.48 bits per heavy atom. The maximum absolute atomic E-state index is 13.1. The number of amides is 2. The van der Waals surface area contributed by atoms with E-state index in [1.807, 2.05) is 17.7 Å². The van der Waals surface area contributed by atoms with Gasteiger partial charge in [-0.2, -0.15) is 5.10 Å². The minimum Gasteiger partial charge on any atom is -0.366 e. The monoisotopic (exact) mass is 408 g/mol. The molecule has 8 heteroatoms. The Kier molecular flexibility index (Phi) is 4.85. The number of carbonyl (C=O) groups is 2. The number of primary amides is 1. The molecule has 2 amide bonds. The summed E-state index contributed by atoms with van der Waals surface area (Å²) in [6.45, 7) is 2.38. The van der Waals surface area contributed by atoms with Crippen LogP contribution in [0.25, 0.3) is 10.2 Å². The molecular formula is C21H17FN4O2S. The number of nitrogens with zero attached hydrogens (tertiary/aromatic N) is 2. The van der Waals surface area contributed by atoms with Crippen molar-refractivity contribution in [3.63, 3.8) is 0 Å². The van der Waals surface area contributed by atoms with Crippen molar-refractivity contribution in [2.24, 2.45) is 5.73 Å². The summed E-state index contributed by atoms with van der Waals surface area (Å²) in [5.41, 5.74) is 7.92. The van der Waals surface area contributed by atoms with Gasteiger partial charge in [-0.25, -0.2) is 4.39 Å². The molecule has 0 spiro atoms. The van der Waals surface area contributed by atoms with Gasteiger partial charge in [0.1, 0.15) is 10.6 Å². The lowest BCUT2D eigenvalue weighted by atomic mass is 10.2. The lowest BCUT2D eigenvalue weighted by Crippen LogP contribution is -2.12. The Morgan fingerprint density at radius 1 is 1.14 bits per heavy atom. The summed E-state index contributed by atoms with van der Waals surface area (Å²) in [4.78, 5) is 25.2. The van der Waals surface area contributed by atoms with Crippen molar-refractivity contribution < 1.29 is 14.0 Å². The van der Waals surface area contributed by atoms with E-state index in [4.69, 9.17) is 5.73 Å². The molecule has 0 atom stereocenters. The van der Waals surface area contributed by atoms with Gasteiger partial charge in [-0.05, 0) is 55.0 Å². The van der Waals surface area contributed by atoms with Crippen LogP contribution in [0, 0.1) is 12.7 Å². The van der Waals surface area contributed by atoms with Gasteiger partial charge in [0, 0.05) is 16.6 Å². The number of hydrogen-bond donors (Lipinski definition) is 2. The molecule has 0 bridgehead atoms. The van der Waals surface area contributed by atoms with Crippen molar-refractivity contribution in [1.82, 2.24) is 9.78 Å². The lowest BCUT2D eigenvalue weighted by Gasteiger charge is -2.04. The third kappa shape index (κ3) is 3.88. The maximum atomic E-state index is 13.1. The largest absolute Gasteiger partial charge is 0.366 e. The molecule has 6 nitrogen and oxygen atoms in total. The highest BCUT2D eigenvalue weighted by Gasteiger charge is 2.17. The number of anilines is 1. The van der Waals surface area contributed by atoms with Crippen molar-refractivity contribution in [3.8, 4) is 0 Å². The molecule has 0 radical (unpaired) electrons. The van der Waals surface area contributed by atoms with Gasteiger partial charge in [-0.1, -0.05) is 12.1 Å². The summed E-state index contributed by atoms with van der Waals surface area (Å²) < 4.78 is 14.9. The van der Waals surface area contributed by atoms with Crippen LogP contribution >= 0.6 is 11.3 Å². The van der Waals surface area contributed by atoms with Gasteiger partial charge >= 0.3 is 0 Å². The zero-order valence-electron chi connectivity index (χ0n) is 15.5. The quantitative estimate of drug-likeness (QED) is 0.524. The molecule has 0 unspecified atom stereocenters. The van der Waals surface area contributed by atoms with Crippen LogP contribution in [0.1, 0.15) is 31.3 Å². The number of carbonyl (C=O) groups excluding carboxylic acids is 2. The molecule has 4 rings (SSSR count). The number of nitrogens with two attached hydrogens (primary N) is 1. The molecule has 0 saturated heterocycles. The SMILES string of the molecule is Cc1nn(Cc2ccc(F)cc2)c2sc(C(=O)Nc3ccc(C(N)=O)cc3)cc12. The normalized spacial score (nSPS) is 11.0. The average molecular weight is 408 g/mol. The third-order valence-corrected chi connectivity index (χ3v) is 5.65. The number of aryl methyl sites for hydroxylation is 1. The van der Waals surface area contributed by atoms with Gasteiger partial charge in [-0.3, -0.25) is 14.3 Å². The summed E-state index contributed by atoms with van der Waals surface area (Å²) in [7, 11) is 0. The fourth-order valence-electron chi connectivity index (χ4n) is 3.01. The molecule has 2 aromatic heterocycles. The third-order valence-electron chi connectivity index (χ3n) is 4.50. The van der Waals surface area contributed by atoms with E-state index in [0.717, 1.165) is 21.5 Å². The highest BCUT2D eigenvalue weighted by atomic mass is 32.1. The summed E-state index contributed by atoms with van der Waals surface area (Å²) >= 11 is 1.34. The summed E-state index contributed by atoms with van der Waals surface area (Å²) in [6.07, 6.45) is 0. The minimum atomic E-state index is -0.520.